The van der Waals surface area contributed by atoms with Gasteiger partial charge >= 0.3 is 0 Å². The summed E-state index contributed by atoms with van der Waals surface area (Å²) < 4.78 is 0. The molecule has 0 saturated heterocycles. The standard InChI is InChI=1S/C19H22N2/c1-14-8-7-11-17(18-20-12-13-21-18)19(14,3)15(2)16-9-5-4-6-10-16/h4-13,15,17H,1-3H3,(H,20,21). The number of benzene rings is 1. The summed E-state index contributed by atoms with van der Waals surface area (Å²) in [5.41, 5.74) is 2.80. The highest BCUT2D eigenvalue weighted by molar-refractivity contribution is 5.38. The first-order valence-corrected chi connectivity index (χ1v) is 7.54. The second kappa shape index (κ2) is 5.36. The fourth-order valence-electron chi connectivity index (χ4n) is 3.46. The molecule has 1 heterocycles. The van der Waals surface area contributed by atoms with Crippen molar-refractivity contribution in [2.75, 3.05) is 0 Å². The summed E-state index contributed by atoms with van der Waals surface area (Å²) in [7, 11) is 0. The molecule has 3 atom stereocenters. The molecule has 21 heavy (non-hydrogen) atoms. The Balaban J connectivity index is 2.06. The van der Waals surface area contributed by atoms with E-state index in [-0.39, 0.29) is 11.3 Å². The van der Waals surface area contributed by atoms with Gasteiger partial charge in [-0.2, -0.15) is 0 Å². The topological polar surface area (TPSA) is 28.7 Å². The molecule has 0 radical (unpaired) electrons. The molecule has 3 rings (SSSR count). The van der Waals surface area contributed by atoms with Crippen LogP contribution in [0.3, 0.4) is 0 Å². The lowest BCUT2D eigenvalue weighted by molar-refractivity contribution is 0.283. The summed E-state index contributed by atoms with van der Waals surface area (Å²) in [6.07, 6.45) is 10.4. The van der Waals surface area contributed by atoms with Gasteiger partial charge in [-0.05, 0) is 18.4 Å². The van der Waals surface area contributed by atoms with Gasteiger partial charge in [0, 0.05) is 23.7 Å². The summed E-state index contributed by atoms with van der Waals surface area (Å²) in [6, 6.07) is 10.8. The Hall–Kier alpha value is -2.09. The second-order valence-electron chi connectivity index (χ2n) is 6.10. The SMILES string of the molecule is CC1=CC=CC(c2ncc[nH]2)C1(C)C(C)c1ccccc1. The summed E-state index contributed by atoms with van der Waals surface area (Å²) >= 11 is 0. The smallest absolute Gasteiger partial charge is 0.113 e. The Bertz CT molecular complexity index is 652. The minimum atomic E-state index is 0.0218. The van der Waals surface area contributed by atoms with Crippen LogP contribution in [0.4, 0.5) is 0 Å². The Morgan fingerprint density at radius 2 is 2.00 bits per heavy atom. The highest BCUT2D eigenvalue weighted by atomic mass is 14.9. The molecule has 1 aromatic heterocycles. The van der Waals surface area contributed by atoms with E-state index in [2.05, 4.69) is 79.3 Å². The Morgan fingerprint density at radius 1 is 1.24 bits per heavy atom. The van der Waals surface area contributed by atoms with Gasteiger partial charge in [0.25, 0.3) is 0 Å². The number of hydrogen-bond acceptors (Lipinski definition) is 1. The molecular weight excluding hydrogens is 256 g/mol. The number of rotatable bonds is 3. The quantitative estimate of drug-likeness (QED) is 0.856. The van der Waals surface area contributed by atoms with Gasteiger partial charge < -0.3 is 4.98 Å². The third-order valence-corrected chi connectivity index (χ3v) is 5.16. The normalized spacial score (nSPS) is 26.4. The zero-order chi connectivity index (χ0) is 14.9. The van der Waals surface area contributed by atoms with Crippen LogP contribution in [-0.2, 0) is 0 Å². The fourth-order valence-corrected chi connectivity index (χ4v) is 3.46. The third-order valence-electron chi connectivity index (χ3n) is 5.16. The molecule has 0 aliphatic heterocycles. The molecule has 1 aliphatic carbocycles. The Morgan fingerprint density at radius 3 is 2.67 bits per heavy atom. The Kier molecular flexibility index (Phi) is 3.54. The first-order chi connectivity index (χ1) is 10.1. The van der Waals surface area contributed by atoms with E-state index in [4.69, 9.17) is 0 Å². The van der Waals surface area contributed by atoms with Crippen molar-refractivity contribution in [1.82, 2.24) is 9.97 Å². The van der Waals surface area contributed by atoms with Crippen LogP contribution in [-0.4, -0.2) is 9.97 Å². The summed E-state index contributed by atoms with van der Waals surface area (Å²) in [5.74, 6) is 1.73. The van der Waals surface area contributed by atoms with E-state index >= 15 is 0 Å². The fraction of sp³-hybridized carbons (Fsp3) is 0.316. The molecule has 1 N–H and O–H groups in total. The van der Waals surface area contributed by atoms with Gasteiger partial charge in [-0.3, -0.25) is 0 Å². The molecule has 0 spiro atoms. The van der Waals surface area contributed by atoms with Crippen molar-refractivity contribution in [1.29, 1.82) is 0 Å². The van der Waals surface area contributed by atoms with Crippen LogP contribution in [0.15, 0.2) is 66.5 Å². The van der Waals surface area contributed by atoms with Gasteiger partial charge in [0.1, 0.15) is 5.82 Å². The largest absolute Gasteiger partial charge is 0.348 e. The molecular formula is C19H22N2. The lowest BCUT2D eigenvalue weighted by Crippen LogP contribution is -2.33. The molecule has 1 aromatic carbocycles. The van der Waals surface area contributed by atoms with Crippen molar-refractivity contribution in [2.45, 2.75) is 32.6 Å². The van der Waals surface area contributed by atoms with Gasteiger partial charge in [0.15, 0.2) is 0 Å². The van der Waals surface area contributed by atoms with Crippen LogP contribution in [0.1, 0.15) is 44.0 Å². The zero-order valence-electron chi connectivity index (χ0n) is 12.9. The molecule has 0 fully saturated rings. The van der Waals surface area contributed by atoms with E-state index in [1.807, 2.05) is 12.4 Å². The minimum Gasteiger partial charge on any atom is -0.348 e. The summed E-state index contributed by atoms with van der Waals surface area (Å²) in [4.78, 5) is 7.81. The van der Waals surface area contributed by atoms with E-state index in [9.17, 15) is 0 Å². The lowest BCUT2D eigenvalue weighted by atomic mass is 9.60. The number of aromatic amines is 1. The van der Waals surface area contributed by atoms with Gasteiger partial charge in [-0.15, -0.1) is 0 Å². The molecule has 0 amide bonds. The molecule has 2 heteroatoms. The summed E-state index contributed by atoms with van der Waals surface area (Å²) in [6.45, 7) is 6.91. The van der Waals surface area contributed by atoms with Crippen LogP contribution in [0, 0.1) is 5.41 Å². The van der Waals surface area contributed by atoms with Crippen LogP contribution in [0.25, 0.3) is 0 Å². The molecule has 2 nitrogen and oxygen atoms in total. The maximum atomic E-state index is 4.51. The number of nitrogens with one attached hydrogen (secondary N) is 1. The van der Waals surface area contributed by atoms with E-state index in [1.54, 1.807) is 0 Å². The molecule has 3 unspecified atom stereocenters. The van der Waals surface area contributed by atoms with Crippen molar-refractivity contribution in [3.8, 4) is 0 Å². The average molecular weight is 278 g/mol. The third kappa shape index (κ3) is 2.25. The lowest BCUT2D eigenvalue weighted by Gasteiger charge is -2.43. The first-order valence-electron chi connectivity index (χ1n) is 7.54. The van der Waals surface area contributed by atoms with Crippen LogP contribution >= 0.6 is 0 Å². The number of H-pyrrole nitrogens is 1. The van der Waals surface area contributed by atoms with Gasteiger partial charge in [-0.25, -0.2) is 4.98 Å². The predicted molar refractivity (Wildman–Crippen MR) is 87.2 cm³/mol. The van der Waals surface area contributed by atoms with Gasteiger partial charge in [-0.1, -0.05) is 68.0 Å². The van der Waals surface area contributed by atoms with Gasteiger partial charge in [0.05, 0.1) is 0 Å². The highest BCUT2D eigenvalue weighted by Gasteiger charge is 2.43. The van der Waals surface area contributed by atoms with Crippen molar-refractivity contribution in [3.05, 3.63) is 77.9 Å². The van der Waals surface area contributed by atoms with E-state index in [0.717, 1.165) is 5.82 Å². The van der Waals surface area contributed by atoms with E-state index in [1.165, 1.54) is 11.1 Å². The van der Waals surface area contributed by atoms with Gasteiger partial charge in [0.2, 0.25) is 0 Å². The molecule has 1 aliphatic rings. The van der Waals surface area contributed by atoms with Crippen LogP contribution in [0.5, 0.6) is 0 Å². The van der Waals surface area contributed by atoms with Crippen molar-refractivity contribution < 1.29 is 0 Å². The number of allylic oxidation sites excluding steroid dienone is 4. The van der Waals surface area contributed by atoms with Crippen molar-refractivity contribution in [2.24, 2.45) is 5.41 Å². The van der Waals surface area contributed by atoms with Crippen LogP contribution in [0.2, 0.25) is 0 Å². The second-order valence-corrected chi connectivity index (χ2v) is 6.10. The summed E-state index contributed by atoms with van der Waals surface area (Å²) in [5, 5.41) is 0. The minimum absolute atomic E-state index is 0.0218. The maximum Gasteiger partial charge on any atom is 0.113 e. The van der Waals surface area contributed by atoms with Crippen molar-refractivity contribution >= 4 is 0 Å². The first kappa shape index (κ1) is 13.9. The number of imidazole rings is 1. The van der Waals surface area contributed by atoms with E-state index in [0.29, 0.717) is 5.92 Å². The number of nitrogens with zero attached hydrogens (tertiary/aromatic N) is 1. The number of aromatic nitrogens is 2. The molecule has 2 aromatic rings. The van der Waals surface area contributed by atoms with Crippen LogP contribution < -0.4 is 0 Å². The highest BCUT2D eigenvalue weighted by Crippen LogP contribution is 2.52. The molecule has 108 valence electrons. The molecule has 0 bridgehead atoms. The van der Waals surface area contributed by atoms with Crippen molar-refractivity contribution in [3.63, 3.8) is 0 Å². The molecule has 0 saturated carbocycles. The maximum absolute atomic E-state index is 4.51. The predicted octanol–water partition coefficient (Wildman–Crippen LogP) is 4.82. The monoisotopic (exact) mass is 278 g/mol. The average Bonchev–Trinajstić information content (AvgIpc) is 3.04. The van der Waals surface area contributed by atoms with E-state index < -0.39 is 0 Å². The Labute approximate surface area is 126 Å². The zero-order valence-corrected chi connectivity index (χ0v) is 12.9. The number of hydrogen-bond donors (Lipinski definition) is 1.